The fourth-order valence-electron chi connectivity index (χ4n) is 4.17. The lowest BCUT2D eigenvalue weighted by Gasteiger charge is -2.39. The third kappa shape index (κ3) is 6.86. The Hall–Kier alpha value is -0.0800. The number of ether oxygens (including phenoxy) is 2. The van der Waals surface area contributed by atoms with Crippen LogP contribution in [0.1, 0.15) is 106 Å². The average molecular weight is 353 g/mol. The van der Waals surface area contributed by atoms with E-state index in [9.17, 15) is 0 Å². The van der Waals surface area contributed by atoms with Gasteiger partial charge in [-0.25, -0.2) is 0 Å². The minimum absolute atomic E-state index is 0.239. The van der Waals surface area contributed by atoms with Gasteiger partial charge in [0.25, 0.3) is 0 Å². The summed E-state index contributed by atoms with van der Waals surface area (Å²) in [5.41, 5.74) is 0.486. The summed E-state index contributed by atoms with van der Waals surface area (Å²) in [5, 5.41) is 0. The van der Waals surface area contributed by atoms with Crippen molar-refractivity contribution in [1.29, 1.82) is 0 Å². The van der Waals surface area contributed by atoms with Crippen molar-refractivity contribution in [2.75, 3.05) is 0 Å². The highest BCUT2D eigenvalue weighted by molar-refractivity contribution is 4.84. The fourth-order valence-corrected chi connectivity index (χ4v) is 4.17. The summed E-state index contributed by atoms with van der Waals surface area (Å²) in [6, 6.07) is 0. The Morgan fingerprint density at radius 2 is 1.24 bits per heavy atom. The van der Waals surface area contributed by atoms with Crippen LogP contribution in [0.15, 0.2) is 0 Å². The van der Waals surface area contributed by atoms with Crippen LogP contribution in [-0.4, -0.2) is 24.4 Å². The van der Waals surface area contributed by atoms with Crippen LogP contribution in [0.2, 0.25) is 0 Å². The molecule has 2 nitrogen and oxygen atoms in total. The Morgan fingerprint density at radius 1 is 0.720 bits per heavy atom. The monoisotopic (exact) mass is 352 g/mol. The Labute approximate surface area is 157 Å². The maximum Gasteiger partial charge on any atom is 0.0629 e. The molecule has 148 valence electrons. The zero-order valence-corrected chi connectivity index (χ0v) is 18.1. The van der Waals surface area contributed by atoms with Gasteiger partial charge in [-0.3, -0.25) is 0 Å². The van der Waals surface area contributed by atoms with Gasteiger partial charge < -0.3 is 9.47 Å². The van der Waals surface area contributed by atoms with E-state index >= 15 is 0 Å². The maximum absolute atomic E-state index is 6.58. The lowest BCUT2D eigenvalue weighted by molar-refractivity contribution is -0.0915. The highest BCUT2D eigenvalue weighted by Gasteiger charge is 2.34. The molecular weight excluding hydrogens is 308 g/mol. The van der Waals surface area contributed by atoms with E-state index in [1.54, 1.807) is 0 Å². The summed E-state index contributed by atoms with van der Waals surface area (Å²) in [6.45, 7) is 16.1. The molecule has 2 aliphatic carbocycles. The van der Waals surface area contributed by atoms with Crippen LogP contribution in [0.25, 0.3) is 0 Å². The molecule has 2 aliphatic rings. The molecule has 25 heavy (non-hydrogen) atoms. The van der Waals surface area contributed by atoms with Gasteiger partial charge in [-0.1, -0.05) is 54.4 Å². The van der Waals surface area contributed by atoms with Crippen molar-refractivity contribution in [3.05, 3.63) is 0 Å². The third-order valence-corrected chi connectivity index (χ3v) is 6.58. The normalized spacial score (nSPS) is 28.9. The van der Waals surface area contributed by atoms with E-state index in [1.807, 2.05) is 0 Å². The van der Waals surface area contributed by atoms with Crippen molar-refractivity contribution >= 4 is 0 Å². The largest absolute Gasteiger partial charge is 0.375 e. The minimum atomic E-state index is 0.239. The summed E-state index contributed by atoms with van der Waals surface area (Å²) in [4.78, 5) is 0. The lowest BCUT2D eigenvalue weighted by Crippen LogP contribution is -2.37. The van der Waals surface area contributed by atoms with Gasteiger partial charge in [-0.15, -0.1) is 0 Å². The van der Waals surface area contributed by atoms with E-state index in [2.05, 4.69) is 48.5 Å². The first-order chi connectivity index (χ1) is 11.6. The van der Waals surface area contributed by atoms with Crippen LogP contribution < -0.4 is 0 Å². The maximum atomic E-state index is 6.58. The molecule has 0 aromatic heterocycles. The van der Waals surface area contributed by atoms with Crippen LogP contribution in [0.3, 0.4) is 0 Å². The lowest BCUT2D eigenvalue weighted by atomic mass is 9.77. The molecule has 2 fully saturated rings. The van der Waals surface area contributed by atoms with E-state index in [-0.39, 0.29) is 10.8 Å². The molecular formula is C23H44O2. The molecule has 0 radical (unpaired) electrons. The summed E-state index contributed by atoms with van der Waals surface area (Å²) >= 11 is 0. The molecule has 2 rings (SSSR count). The third-order valence-electron chi connectivity index (χ3n) is 6.58. The van der Waals surface area contributed by atoms with Gasteiger partial charge in [0.1, 0.15) is 0 Å². The van der Waals surface area contributed by atoms with Crippen molar-refractivity contribution in [1.82, 2.24) is 0 Å². The summed E-state index contributed by atoms with van der Waals surface area (Å²) in [5.74, 6) is 0.815. The Balaban J connectivity index is 1.80. The molecule has 2 saturated carbocycles. The molecule has 2 unspecified atom stereocenters. The topological polar surface area (TPSA) is 18.5 Å². The minimum Gasteiger partial charge on any atom is -0.375 e. The van der Waals surface area contributed by atoms with Crippen LogP contribution in [-0.2, 0) is 9.47 Å². The quantitative estimate of drug-likeness (QED) is 0.525. The van der Waals surface area contributed by atoms with Crippen molar-refractivity contribution < 1.29 is 9.47 Å². The van der Waals surface area contributed by atoms with E-state index in [0.717, 1.165) is 5.92 Å². The first kappa shape index (κ1) is 21.2. The molecule has 0 amide bonds. The van der Waals surface area contributed by atoms with Gasteiger partial charge in [-0.2, -0.15) is 0 Å². The molecule has 0 bridgehead atoms. The molecule has 0 aromatic carbocycles. The van der Waals surface area contributed by atoms with Gasteiger partial charge in [0.05, 0.1) is 24.4 Å². The van der Waals surface area contributed by atoms with Crippen molar-refractivity contribution in [2.24, 2.45) is 16.7 Å². The zero-order chi connectivity index (χ0) is 18.7. The van der Waals surface area contributed by atoms with Gasteiger partial charge in [-0.05, 0) is 68.6 Å². The van der Waals surface area contributed by atoms with Gasteiger partial charge in [0.2, 0.25) is 0 Å². The van der Waals surface area contributed by atoms with Gasteiger partial charge in [0.15, 0.2) is 0 Å². The Kier molecular flexibility index (Phi) is 7.42. The summed E-state index contributed by atoms with van der Waals surface area (Å²) in [7, 11) is 0. The SMILES string of the molecule is CC(OC1CCC(CC(OC2CCCC2)C(C)(C)C)CC1)C(C)(C)C. The molecule has 2 heteroatoms. The average Bonchev–Trinajstić information content (AvgIpc) is 2.99. The smallest absolute Gasteiger partial charge is 0.0629 e. The van der Waals surface area contributed by atoms with E-state index in [4.69, 9.17) is 9.47 Å². The highest BCUT2D eigenvalue weighted by atomic mass is 16.5. The second-order valence-electron chi connectivity index (χ2n) is 10.9. The van der Waals surface area contributed by atoms with Crippen molar-refractivity contribution in [3.63, 3.8) is 0 Å². The van der Waals surface area contributed by atoms with E-state index < -0.39 is 0 Å². The molecule has 0 heterocycles. The summed E-state index contributed by atoms with van der Waals surface area (Å²) < 4.78 is 12.9. The van der Waals surface area contributed by atoms with Crippen LogP contribution in [0, 0.1) is 16.7 Å². The first-order valence-corrected chi connectivity index (χ1v) is 10.9. The summed E-state index contributed by atoms with van der Waals surface area (Å²) in [6.07, 6.45) is 13.3. The predicted molar refractivity (Wildman–Crippen MR) is 107 cm³/mol. The standard InChI is InChI=1S/C23H44O2/c1-17(22(2,3)4)24-20-14-12-18(13-15-20)16-21(23(5,6)7)25-19-10-8-9-11-19/h17-21H,8-16H2,1-7H3. The Morgan fingerprint density at radius 3 is 1.72 bits per heavy atom. The molecule has 2 atom stereocenters. The van der Waals surface area contributed by atoms with E-state index in [0.29, 0.717) is 24.4 Å². The van der Waals surface area contributed by atoms with Gasteiger partial charge >= 0.3 is 0 Å². The zero-order valence-electron chi connectivity index (χ0n) is 18.1. The van der Waals surface area contributed by atoms with Crippen LogP contribution in [0.5, 0.6) is 0 Å². The first-order valence-electron chi connectivity index (χ1n) is 10.9. The molecule has 0 saturated heterocycles. The van der Waals surface area contributed by atoms with E-state index in [1.165, 1.54) is 57.8 Å². The van der Waals surface area contributed by atoms with Crippen LogP contribution in [0.4, 0.5) is 0 Å². The second-order valence-corrected chi connectivity index (χ2v) is 10.9. The van der Waals surface area contributed by atoms with Crippen molar-refractivity contribution in [2.45, 2.75) is 131 Å². The second kappa shape index (κ2) is 8.74. The predicted octanol–water partition coefficient (Wildman–Crippen LogP) is 6.76. The fraction of sp³-hybridized carbons (Fsp3) is 1.00. The molecule has 0 aromatic rings. The van der Waals surface area contributed by atoms with Crippen LogP contribution >= 0.6 is 0 Å². The molecule has 0 spiro atoms. The highest BCUT2D eigenvalue weighted by Crippen LogP contribution is 2.38. The van der Waals surface area contributed by atoms with Crippen molar-refractivity contribution in [3.8, 4) is 0 Å². The molecule has 0 N–H and O–H groups in total. The number of rotatable bonds is 6. The number of hydrogen-bond donors (Lipinski definition) is 0. The number of hydrogen-bond acceptors (Lipinski definition) is 2. The Bertz CT molecular complexity index is 376. The molecule has 0 aliphatic heterocycles. The van der Waals surface area contributed by atoms with Gasteiger partial charge in [0, 0.05) is 0 Å².